The Balaban J connectivity index is 1.81. The molecule has 3 amide bonds. The van der Waals surface area contributed by atoms with E-state index in [1.165, 1.54) is 24.5 Å². The van der Waals surface area contributed by atoms with E-state index in [0.29, 0.717) is 26.9 Å². The Morgan fingerprint density at radius 1 is 1.41 bits per heavy atom. The fourth-order valence-corrected chi connectivity index (χ4v) is 4.07. The number of nitrogens with one attached hydrogen (secondary N) is 3. The first-order valence-corrected chi connectivity index (χ1v) is 9.55. The standard InChI is InChI=1S/C18H19ClFN3O3S/c1-9-3-11(26-2)5-13(20)17(9)12-6-16(24)21-7-14(12)23-18(25)22-10-4-15(19)27-8-10/h3-5,8,12,14H,6-7H2,1-2H3,(H,21,24)(H2,22,23,25)/t12-,14-/m1/s1. The Morgan fingerprint density at radius 2 is 2.19 bits per heavy atom. The maximum atomic E-state index is 14.7. The molecule has 6 nitrogen and oxygen atoms in total. The second-order valence-corrected chi connectivity index (χ2v) is 7.84. The second-order valence-electron chi connectivity index (χ2n) is 6.30. The lowest BCUT2D eigenvalue weighted by atomic mass is 9.83. The summed E-state index contributed by atoms with van der Waals surface area (Å²) in [5.74, 6) is -0.715. The molecule has 1 aromatic carbocycles. The van der Waals surface area contributed by atoms with Crippen molar-refractivity contribution in [2.45, 2.75) is 25.3 Å². The van der Waals surface area contributed by atoms with E-state index in [0.717, 1.165) is 0 Å². The number of hydrogen-bond donors (Lipinski definition) is 3. The van der Waals surface area contributed by atoms with Crippen LogP contribution >= 0.6 is 22.9 Å². The number of amides is 3. The maximum absolute atomic E-state index is 14.7. The van der Waals surface area contributed by atoms with E-state index < -0.39 is 23.8 Å². The number of rotatable bonds is 4. The van der Waals surface area contributed by atoms with Gasteiger partial charge in [0.2, 0.25) is 5.91 Å². The first-order chi connectivity index (χ1) is 12.9. The minimum Gasteiger partial charge on any atom is -0.497 e. The average molecular weight is 412 g/mol. The van der Waals surface area contributed by atoms with Gasteiger partial charge in [-0.05, 0) is 30.2 Å². The molecule has 0 saturated carbocycles. The molecular weight excluding hydrogens is 393 g/mol. The Kier molecular flexibility index (Phi) is 5.86. The van der Waals surface area contributed by atoms with E-state index in [2.05, 4.69) is 16.0 Å². The Bertz CT molecular complexity index is 850. The lowest BCUT2D eigenvalue weighted by molar-refractivity contribution is -0.123. The third kappa shape index (κ3) is 4.51. The fraction of sp³-hybridized carbons (Fsp3) is 0.333. The van der Waals surface area contributed by atoms with E-state index in [-0.39, 0.29) is 18.9 Å². The van der Waals surface area contributed by atoms with Crippen LogP contribution < -0.4 is 20.7 Å². The minimum absolute atomic E-state index is 0.0827. The monoisotopic (exact) mass is 411 g/mol. The van der Waals surface area contributed by atoms with E-state index in [4.69, 9.17) is 16.3 Å². The van der Waals surface area contributed by atoms with Gasteiger partial charge in [0.15, 0.2) is 0 Å². The SMILES string of the molecule is COc1cc(C)c([C@@H]2CC(=O)NC[C@H]2NC(=O)Nc2csc(Cl)c2)c(F)c1. The molecule has 1 saturated heterocycles. The van der Waals surface area contributed by atoms with Crippen LogP contribution in [0.1, 0.15) is 23.5 Å². The van der Waals surface area contributed by atoms with Crippen LogP contribution in [0.5, 0.6) is 5.75 Å². The maximum Gasteiger partial charge on any atom is 0.319 e. The number of thiophene rings is 1. The zero-order valence-corrected chi connectivity index (χ0v) is 16.3. The van der Waals surface area contributed by atoms with Gasteiger partial charge in [-0.3, -0.25) is 4.79 Å². The van der Waals surface area contributed by atoms with Gasteiger partial charge in [0.1, 0.15) is 11.6 Å². The number of carbonyl (C=O) groups excluding carboxylic acids is 2. The third-order valence-corrected chi connectivity index (χ3v) is 5.56. The Hall–Kier alpha value is -2.32. The summed E-state index contributed by atoms with van der Waals surface area (Å²) in [5, 5.41) is 9.95. The first-order valence-electron chi connectivity index (χ1n) is 8.29. The van der Waals surface area contributed by atoms with Gasteiger partial charge in [0.05, 0.1) is 23.2 Å². The molecule has 1 aliphatic heterocycles. The molecule has 0 bridgehead atoms. The van der Waals surface area contributed by atoms with Crippen molar-refractivity contribution >= 4 is 40.6 Å². The van der Waals surface area contributed by atoms with Crippen LogP contribution in [0.25, 0.3) is 0 Å². The summed E-state index contributed by atoms with van der Waals surface area (Å²) in [4.78, 5) is 24.2. The highest BCUT2D eigenvalue weighted by Crippen LogP contribution is 2.33. The molecule has 0 unspecified atom stereocenters. The lowest BCUT2D eigenvalue weighted by Crippen LogP contribution is -2.53. The third-order valence-electron chi connectivity index (χ3n) is 4.47. The number of aryl methyl sites for hydroxylation is 1. The quantitative estimate of drug-likeness (QED) is 0.718. The van der Waals surface area contributed by atoms with E-state index >= 15 is 0 Å². The highest BCUT2D eigenvalue weighted by molar-refractivity contribution is 7.14. The largest absolute Gasteiger partial charge is 0.497 e. The van der Waals surface area contributed by atoms with Gasteiger partial charge >= 0.3 is 6.03 Å². The molecule has 144 valence electrons. The van der Waals surface area contributed by atoms with Crippen LogP contribution in [0.3, 0.4) is 0 Å². The Morgan fingerprint density at radius 3 is 2.81 bits per heavy atom. The molecule has 0 aliphatic carbocycles. The number of benzene rings is 1. The summed E-state index contributed by atoms with van der Waals surface area (Å²) in [5.41, 5.74) is 1.66. The minimum atomic E-state index is -0.485. The zero-order chi connectivity index (χ0) is 19.6. The molecule has 2 heterocycles. The van der Waals surface area contributed by atoms with E-state index in [1.54, 1.807) is 24.4 Å². The number of urea groups is 1. The summed E-state index contributed by atoms with van der Waals surface area (Å²) in [6, 6.07) is 3.74. The second kappa shape index (κ2) is 8.14. The van der Waals surface area contributed by atoms with Gasteiger partial charge in [0.25, 0.3) is 0 Å². The molecule has 3 N–H and O–H groups in total. The zero-order valence-electron chi connectivity index (χ0n) is 14.8. The molecule has 9 heteroatoms. The van der Waals surface area contributed by atoms with Crippen molar-refractivity contribution in [3.8, 4) is 5.75 Å². The molecule has 0 spiro atoms. The Labute approximate surface area is 165 Å². The van der Waals surface area contributed by atoms with Crippen LogP contribution in [-0.2, 0) is 4.79 Å². The van der Waals surface area contributed by atoms with Crippen molar-refractivity contribution in [2.24, 2.45) is 0 Å². The number of carbonyl (C=O) groups is 2. The number of hydrogen-bond acceptors (Lipinski definition) is 4. The fourth-order valence-electron chi connectivity index (χ4n) is 3.26. The number of halogens is 2. The van der Waals surface area contributed by atoms with Crippen LogP contribution in [0.4, 0.5) is 14.9 Å². The molecule has 27 heavy (non-hydrogen) atoms. The number of anilines is 1. The predicted octanol–water partition coefficient (Wildman–Crippen LogP) is 3.65. The predicted molar refractivity (Wildman–Crippen MR) is 103 cm³/mol. The molecule has 0 radical (unpaired) electrons. The average Bonchev–Trinajstić information content (AvgIpc) is 3.01. The van der Waals surface area contributed by atoms with Crippen molar-refractivity contribution in [1.82, 2.24) is 10.6 Å². The van der Waals surface area contributed by atoms with Gasteiger partial charge in [-0.1, -0.05) is 11.6 Å². The van der Waals surface area contributed by atoms with Gasteiger partial charge in [0, 0.05) is 30.3 Å². The molecule has 3 rings (SSSR count). The van der Waals surface area contributed by atoms with Crippen molar-refractivity contribution in [3.05, 3.63) is 44.9 Å². The highest BCUT2D eigenvalue weighted by atomic mass is 35.5. The summed E-state index contributed by atoms with van der Waals surface area (Å²) >= 11 is 7.16. The summed E-state index contributed by atoms with van der Waals surface area (Å²) in [7, 11) is 1.47. The molecule has 2 atom stereocenters. The van der Waals surface area contributed by atoms with Gasteiger partial charge in [-0.2, -0.15) is 0 Å². The van der Waals surface area contributed by atoms with Gasteiger partial charge in [-0.15, -0.1) is 11.3 Å². The van der Waals surface area contributed by atoms with Crippen LogP contribution in [0, 0.1) is 12.7 Å². The van der Waals surface area contributed by atoms with Gasteiger partial charge < -0.3 is 20.7 Å². The highest BCUT2D eigenvalue weighted by Gasteiger charge is 2.34. The molecule has 1 aromatic heterocycles. The van der Waals surface area contributed by atoms with E-state index in [1.807, 2.05) is 0 Å². The smallest absolute Gasteiger partial charge is 0.319 e. The van der Waals surface area contributed by atoms with Crippen LogP contribution in [0.15, 0.2) is 23.6 Å². The van der Waals surface area contributed by atoms with Crippen LogP contribution in [-0.4, -0.2) is 31.6 Å². The summed E-state index contributed by atoms with van der Waals surface area (Å²) in [6.07, 6.45) is 0.0827. The normalized spacial score (nSPS) is 19.3. The molecule has 1 aliphatic rings. The lowest BCUT2D eigenvalue weighted by Gasteiger charge is -2.33. The number of ether oxygens (including phenoxy) is 1. The molecule has 1 fully saturated rings. The molecule has 2 aromatic rings. The number of piperidine rings is 1. The van der Waals surface area contributed by atoms with Crippen molar-refractivity contribution < 1.29 is 18.7 Å². The van der Waals surface area contributed by atoms with Crippen molar-refractivity contribution in [3.63, 3.8) is 0 Å². The summed E-state index contributed by atoms with van der Waals surface area (Å²) in [6.45, 7) is 1.98. The van der Waals surface area contributed by atoms with E-state index in [9.17, 15) is 14.0 Å². The summed E-state index contributed by atoms with van der Waals surface area (Å²) < 4.78 is 20.4. The first kappa shape index (κ1) is 19.4. The molecular formula is C18H19ClFN3O3S. The van der Waals surface area contributed by atoms with Crippen molar-refractivity contribution in [1.29, 1.82) is 0 Å². The number of methoxy groups -OCH3 is 1. The van der Waals surface area contributed by atoms with Gasteiger partial charge in [-0.25, -0.2) is 9.18 Å². The van der Waals surface area contributed by atoms with Crippen molar-refractivity contribution in [2.75, 3.05) is 19.0 Å². The van der Waals surface area contributed by atoms with Crippen LogP contribution in [0.2, 0.25) is 4.34 Å². The topological polar surface area (TPSA) is 79.5 Å².